The van der Waals surface area contributed by atoms with E-state index >= 15 is 0 Å². The van der Waals surface area contributed by atoms with Crippen LogP contribution in [0.4, 0.5) is 0 Å². The summed E-state index contributed by atoms with van der Waals surface area (Å²) in [6, 6.07) is 11.5. The van der Waals surface area contributed by atoms with Gasteiger partial charge in [0.2, 0.25) is 5.88 Å². The normalized spacial score (nSPS) is 23.5. The van der Waals surface area contributed by atoms with E-state index in [1.54, 1.807) is 7.11 Å². The van der Waals surface area contributed by atoms with Gasteiger partial charge in [0.25, 0.3) is 0 Å². The molecule has 0 amide bonds. The zero-order valence-electron chi connectivity index (χ0n) is 15.7. The van der Waals surface area contributed by atoms with Gasteiger partial charge in [-0.05, 0) is 68.3 Å². The molecule has 4 nitrogen and oxygen atoms in total. The first kappa shape index (κ1) is 17.5. The van der Waals surface area contributed by atoms with E-state index in [0.29, 0.717) is 11.9 Å². The third kappa shape index (κ3) is 3.49. The number of aromatic nitrogens is 1. The highest BCUT2D eigenvalue weighted by Crippen LogP contribution is 2.31. The number of β-amino-alcohol motifs (C(OH)–C–C–N with tert-alkyl or cyclic N) is 1. The van der Waals surface area contributed by atoms with Crippen LogP contribution in [0.25, 0.3) is 11.1 Å². The number of likely N-dealkylation sites (tertiary alicyclic amines) is 1. The number of nitrogens with zero attached hydrogens (tertiary/aromatic N) is 2. The second-order valence-corrected chi connectivity index (χ2v) is 7.66. The summed E-state index contributed by atoms with van der Waals surface area (Å²) >= 11 is 0. The number of benzene rings is 1. The second kappa shape index (κ2) is 7.37. The van der Waals surface area contributed by atoms with E-state index in [0.717, 1.165) is 44.5 Å². The van der Waals surface area contributed by atoms with E-state index in [1.807, 2.05) is 13.0 Å². The monoisotopic (exact) mass is 352 g/mol. The third-order valence-electron chi connectivity index (χ3n) is 5.93. The molecule has 1 aliphatic carbocycles. The van der Waals surface area contributed by atoms with Crippen LogP contribution in [0.3, 0.4) is 0 Å². The van der Waals surface area contributed by atoms with E-state index in [2.05, 4.69) is 34.1 Å². The van der Waals surface area contributed by atoms with Crippen LogP contribution in [0.15, 0.2) is 30.3 Å². The molecule has 0 radical (unpaired) electrons. The topological polar surface area (TPSA) is 45.6 Å². The molecule has 0 saturated carbocycles. The third-order valence-corrected chi connectivity index (χ3v) is 5.93. The number of aliphatic hydroxyl groups excluding tert-OH is 1. The van der Waals surface area contributed by atoms with Gasteiger partial charge >= 0.3 is 0 Å². The van der Waals surface area contributed by atoms with Gasteiger partial charge in [-0.2, -0.15) is 0 Å². The standard InChI is InChI=1S/C22H28N2O2/c1-15-21(9-10-22(23-15)26-2)18-6-5-17-13-19(8-7-16(17)12-18)24-11-3-4-20(25)14-24/h5-6,9-10,12,19-20,25H,3-4,7-8,11,13-14H2,1-2H3. The predicted molar refractivity (Wildman–Crippen MR) is 104 cm³/mol. The van der Waals surface area contributed by atoms with Crippen molar-refractivity contribution in [1.82, 2.24) is 9.88 Å². The maximum atomic E-state index is 9.97. The quantitative estimate of drug-likeness (QED) is 0.920. The maximum Gasteiger partial charge on any atom is 0.213 e. The Morgan fingerprint density at radius 1 is 1.15 bits per heavy atom. The first-order chi connectivity index (χ1) is 12.6. The fourth-order valence-electron chi connectivity index (χ4n) is 4.49. The molecule has 1 fully saturated rings. The van der Waals surface area contributed by atoms with Gasteiger partial charge in [0, 0.05) is 29.9 Å². The molecule has 0 spiro atoms. The Bertz CT molecular complexity index is 790. The maximum absolute atomic E-state index is 9.97. The number of aliphatic hydroxyl groups is 1. The van der Waals surface area contributed by atoms with Gasteiger partial charge in [0.1, 0.15) is 0 Å². The van der Waals surface area contributed by atoms with Crippen molar-refractivity contribution < 1.29 is 9.84 Å². The number of aryl methyl sites for hydroxylation is 2. The molecule has 138 valence electrons. The Morgan fingerprint density at radius 3 is 2.81 bits per heavy atom. The van der Waals surface area contributed by atoms with Crippen LogP contribution in [0.1, 0.15) is 36.1 Å². The highest BCUT2D eigenvalue weighted by atomic mass is 16.5. The fourth-order valence-corrected chi connectivity index (χ4v) is 4.49. The van der Waals surface area contributed by atoms with Crippen molar-refractivity contribution in [2.24, 2.45) is 0 Å². The smallest absolute Gasteiger partial charge is 0.213 e. The molecule has 1 aliphatic heterocycles. The summed E-state index contributed by atoms with van der Waals surface area (Å²) < 4.78 is 5.22. The summed E-state index contributed by atoms with van der Waals surface area (Å²) in [5.74, 6) is 0.663. The molecular formula is C22H28N2O2. The molecule has 1 aromatic carbocycles. The highest BCUT2D eigenvalue weighted by Gasteiger charge is 2.28. The summed E-state index contributed by atoms with van der Waals surface area (Å²) in [6.07, 6.45) is 5.33. The predicted octanol–water partition coefficient (Wildman–Crippen LogP) is 3.38. The van der Waals surface area contributed by atoms with E-state index in [1.165, 1.54) is 28.7 Å². The largest absolute Gasteiger partial charge is 0.481 e. The van der Waals surface area contributed by atoms with Crippen LogP contribution < -0.4 is 4.74 Å². The Kier molecular flexibility index (Phi) is 4.96. The number of rotatable bonds is 3. The van der Waals surface area contributed by atoms with Crippen LogP contribution in [0.5, 0.6) is 5.88 Å². The van der Waals surface area contributed by atoms with Gasteiger partial charge in [-0.3, -0.25) is 4.90 Å². The lowest BCUT2D eigenvalue weighted by Crippen LogP contribution is -2.46. The molecule has 26 heavy (non-hydrogen) atoms. The summed E-state index contributed by atoms with van der Waals surface area (Å²) in [5, 5.41) is 9.97. The second-order valence-electron chi connectivity index (χ2n) is 7.66. The minimum atomic E-state index is -0.141. The molecule has 4 rings (SSSR count). The molecule has 1 saturated heterocycles. The minimum Gasteiger partial charge on any atom is -0.481 e. The Balaban J connectivity index is 1.54. The van der Waals surface area contributed by atoms with Crippen molar-refractivity contribution in [3.8, 4) is 17.0 Å². The molecule has 4 heteroatoms. The summed E-state index contributed by atoms with van der Waals surface area (Å²) in [6.45, 7) is 4.01. The van der Waals surface area contributed by atoms with Crippen molar-refractivity contribution in [2.45, 2.75) is 51.2 Å². The number of hydrogen-bond acceptors (Lipinski definition) is 4. The average Bonchev–Trinajstić information content (AvgIpc) is 2.67. The van der Waals surface area contributed by atoms with Crippen LogP contribution in [0, 0.1) is 6.92 Å². The Hall–Kier alpha value is -1.91. The van der Waals surface area contributed by atoms with Gasteiger partial charge in [0.15, 0.2) is 0 Å². The highest BCUT2D eigenvalue weighted by molar-refractivity contribution is 5.67. The van der Waals surface area contributed by atoms with Gasteiger partial charge < -0.3 is 9.84 Å². The summed E-state index contributed by atoms with van der Waals surface area (Å²) in [4.78, 5) is 7.01. The summed E-state index contributed by atoms with van der Waals surface area (Å²) in [7, 11) is 1.65. The number of pyridine rings is 1. The average molecular weight is 352 g/mol. The lowest BCUT2D eigenvalue weighted by molar-refractivity contribution is 0.0427. The van der Waals surface area contributed by atoms with Crippen LogP contribution in [-0.2, 0) is 12.8 Å². The molecule has 1 N–H and O–H groups in total. The number of fused-ring (bicyclic) bond motifs is 1. The van der Waals surface area contributed by atoms with E-state index < -0.39 is 0 Å². The molecule has 2 unspecified atom stereocenters. The van der Waals surface area contributed by atoms with Gasteiger partial charge in [-0.15, -0.1) is 0 Å². The zero-order chi connectivity index (χ0) is 18.1. The van der Waals surface area contributed by atoms with Crippen molar-refractivity contribution in [1.29, 1.82) is 0 Å². The molecule has 2 aromatic rings. The van der Waals surface area contributed by atoms with Crippen molar-refractivity contribution in [3.05, 3.63) is 47.2 Å². The zero-order valence-corrected chi connectivity index (χ0v) is 15.7. The minimum absolute atomic E-state index is 0.141. The van der Waals surface area contributed by atoms with Gasteiger partial charge in [-0.1, -0.05) is 18.2 Å². The molecular weight excluding hydrogens is 324 g/mol. The Labute approximate surface area is 155 Å². The first-order valence-corrected chi connectivity index (χ1v) is 9.70. The van der Waals surface area contributed by atoms with E-state index in [4.69, 9.17) is 4.74 Å². The van der Waals surface area contributed by atoms with E-state index in [-0.39, 0.29) is 6.10 Å². The number of methoxy groups -OCH3 is 1. The number of ether oxygens (including phenoxy) is 1. The van der Waals surface area contributed by atoms with Crippen LogP contribution in [-0.4, -0.2) is 47.3 Å². The van der Waals surface area contributed by atoms with Crippen molar-refractivity contribution in [3.63, 3.8) is 0 Å². The Morgan fingerprint density at radius 2 is 2.04 bits per heavy atom. The molecule has 2 heterocycles. The number of hydrogen-bond donors (Lipinski definition) is 1. The van der Waals surface area contributed by atoms with E-state index in [9.17, 15) is 5.11 Å². The fraction of sp³-hybridized carbons (Fsp3) is 0.500. The van der Waals surface area contributed by atoms with Crippen molar-refractivity contribution >= 4 is 0 Å². The molecule has 0 bridgehead atoms. The summed E-state index contributed by atoms with van der Waals surface area (Å²) in [5.41, 5.74) is 6.34. The SMILES string of the molecule is COc1ccc(-c2ccc3c(c2)CCC(N2CCCC(O)C2)C3)c(C)n1. The van der Waals surface area contributed by atoms with Gasteiger partial charge in [-0.25, -0.2) is 4.98 Å². The lowest BCUT2D eigenvalue weighted by Gasteiger charge is -2.39. The van der Waals surface area contributed by atoms with Crippen LogP contribution >= 0.6 is 0 Å². The molecule has 2 aliphatic rings. The van der Waals surface area contributed by atoms with Gasteiger partial charge in [0.05, 0.1) is 13.2 Å². The molecule has 1 aromatic heterocycles. The van der Waals surface area contributed by atoms with Crippen LogP contribution in [0.2, 0.25) is 0 Å². The number of piperidine rings is 1. The lowest BCUT2D eigenvalue weighted by atomic mass is 9.85. The molecule has 2 atom stereocenters. The first-order valence-electron chi connectivity index (χ1n) is 9.70. The van der Waals surface area contributed by atoms with Crippen molar-refractivity contribution in [2.75, 3.05) is 20.2 Å².